The van der Waals surface area contributed by atoms with Gasteiger partial charge in [0.05, 0.1) is 11.3 Å². The van der Waals surface area contributed by atoms with Crippen molar-refractivity contribution in [3.05, 3.63) is 41.8 Å². The fourth-order valence-electron chi connectivity index (χ4n) is 2.64. The molecule has 0 spiro atoms. The van der Waals surface area contributed by atoms with Crippen molar-refractivity contribution in [3.63, 3.8) is 0 Å². The van der Waals surface area contributed by atoms with Gasteiger partial charge >= 0.3 is 0 Å². The molecular formula is C17H18N6OS. The molecule has 128 valence electrons. The first-order chi connectivity index (χ1) is 12.1. The van der Waals surface area contributed by atoms with Crippen LogP contribution in [0.1, 0.15) is 31.4 Å². The van der Waals surface area contributed by atoms with Crippen LogP contribution in [0.2, 0.25) is 0 Å². The van der Waals surface area contributed by atoms with Gasteiger partial charge in [-0.15, -0.1) is 5.10 Å². The smallest absolute Gasteiger partial charge is 0.226 e. The summed E-state index contributed by atoms with van der Waals surface area (Å²) in [5, 5.41) is 10.3. The van der Waals surface area contributed by atoms with E-state index < -0.39 is 0 Å². The van der Waals surface area contributed by atoms with Crippen LogP contribution in [0.4, 0.5) is 0 Å². The van der Waals surface area contributed by atoms with Crippen LogP contribution in [0.5, 0.6) is 0 Å². The molecule has 0 amide bonds. The molecule has 0 saturated heterocycles. The van der Waals surface area contributed by atoms with Crippen LogP contribution in [0.25, 0.3) is 16.6 Å². The van der Waals surface area contributed by atoms with Crippen molar-refractivity contribution < 1.29 is 4.52 Å². The summed E-state index contributed by atoms with van der Waals surface area (Å²) in [5.41, 5.74) is 1.72. The summed E-state index contributed by atoms with van der Waals surface area (Å²) in [4.78, 5) is 13.7. The Morgan fingerprint density at radius 1 is 1.16 bits per heavy atom. The number of rotatable bonds is 5. The second-order valence-corrected chi connectivity index (χ2v) is 7.24. The Morgan fingerprint density at radius 3 is 2.84 bits per heavy atom. The van der Waals surface area contributed by atoms with E-state index in [0.717, 1.165) is 34.0 Å². The minimum absolute atomic E-state index is 0.487. The first-order valence-corrected chi connectivity index (χ1v) is 9.15. The molecule has 0 saturated carbocycles. The fourth-order valence-corrected chi connectivity index (χ4v) is 3.42. The van der Waals surface area contributed by atoms with E-state index in [1.54, 1.807) is 4.52 Å². The van der Waals surface area contributed by atoms with E-state index in [1.165, 1.54) is 11.8 Å². The summed E-state index contributed by atoms with van der Waals surface area (Å²) in [7, 11) is 0. The van der Waals surface area contributed by atoms with Crippen molar-refractivity contribution in [2.24, 2.45) is 5.92 Å². The van der Waals surface area contributed by atoms with Gasteiger partial charge in [-0.2, -0.15) is 9.50 Å². The molecule has 0 aliphatic heterocycles. The van der Waals surface area contributed by atoms with Crippen molar-refractivity contribution in [2.75, 3.05) is 0 Å². The second kappa shape index (κ2) is 6.44. The van der Waals surface area contributed by atoms with E-state index in [-0.39, 0.29) is 0 Å². The maximum absolute atomic E-state index is 5.30. The standard InChI is InChI=1S/C17H18N6OS/c1-10(2)8-15-20-14(22-24-15)9-25-17-19-13-7-5-4-6-12(13)16-18-11(3)21-23(16)17/h4-7,10H,8-9H2,1-3H3. The third kappa shape index (κ3) is 3.21. The highest BCUT2D eigenvalue weighted by molar-refractivity contribution is 7.98. The molecule has 0 aliphatic rings. The fraction of sp³-hybridized carbons (Fsp3) is 0.353. The number of benzene rings is 1. The first-order valence-electron chi connectivity index (χ1n) is 8.16. The van der Waals surface area contributed by atoms with Crippen LogP contribution in [-0.2, 0) is 12.2 Å². The molecule has 0 bridgehead atoms. The third-order valence-electron chi connectivity index (χ3n) is 3.68. The number of hydrogen-bond donors (Lipinski definition) is 0. The Balaban J connectivity index is 1.65. The molecule has 8 heteroatoms. The molecule has 4 rings (SSSR count). The summed E-state index contributed by atoms with van der Waals surface area (Å²) >= 11 is 1.53. The maximum Gasteiger partial charge on any atom is 0.226 e. The predicted octanol–water partition coefficient (Wildman–Crippen LogP) is 3.46. The van der Waals surface area contributed by atoms with Gasteiger partial charge in [0.15, 0.2) is 16.6 Å². The minimum atomic E-state index is 0.487. The molecular weight excluding hydrogens is 336 g/mol. The van der Waals surface area contributed by atoms with E-state index in [2.05, 4.69) is 34.1 Å². The summed E-state index contributed by atoms with van der Waals surface area (Å²) in [6.07, 6.45) is 0.790. The molecule has 0 radical (unpaired) electrons. The summed E-state index contributed by atoms with van der Waals surface area (Å²) in [5.74, 6) is 3.13. The van der Waals surface area contributed by atoms with Crippen LogP contribution in [-0.4, -0.2) is 29.7 Å². The van der Waals surface area contributed by atoms with Crippen LogP contribution >= 0.6 is 11.8 Å². The van der Waals surface area contributed by atoms with Gasteiger partial charge in [0.1, 0.15) is 5.82 Å². The van der Waals surface area contributed by atoms with Gasteiger partial charge < -0.3 is 4.52 Å². The largest absolute Gasteiger partial charge is 0.339 e. The number of para-hydroxylation sites is 1. The van der Waals surface area contributed by atoms with Gasteiger partial charge in [0.25, 0.3) is 0 Å². The first kappa shape index (κ1) is 16.0. The van der Waals surface area contributed by atoms with Crippen LogP contribution in [0.15, 0.2) is 33.9 Å². The molecule has 0 unspecified atom stereocenters. The van der Waals surface area contributed by atoms with Crippen molar-refractivity contribution in [3.8, 4) is 0 Å². The van der Waals surface area contributed by atoms with Crippen molar-refractivity contribution in [2.45, 2.75) is 38.1 Å². The van der Waals surface area contributed by atoms with Crippen molar-refractivity contribution in [1.29, 1.82) is 0 Å². The van der Waals surface area contributed by atoms with Gasteiger partial charge in [-0.1, -0.05) is 42.9 Å². The van der Waals surface area contributed by atoms with E-state index in [4.69, 9.17) is 9.51 Å². The molecule has 3 heterocycles. The number of fused-ring (bicyclic) bond motifs is 3. The lowest BCUT2D eigenvalue weighted by Crippen LogP contribution is -1.99. The number of thioether (sulfide) groups is 1. The Morgan fingerprint density at radius 2 is 2.00 bits per heavy atom. The Labute approximate surface area is 148 Å². The quantitative estimate of drug-likeness (QED) is 0.401. The number of hydrogen-bond acceptors (Lipinski definition) is 7. The van der Waals surface area contributed by atoms with Crippen molar-refractivity contribution in [1.82, 2.24) is 29.7 Å². The zero-order chi connectivity index (χ0) is 17.4. The Hall–Kier alpha value is -2.48. The highest BCUT2D eigenvalue weighted by Gasteiger charge is 2.14. The summed E-state index contributed by atoms with van der Waals surface area (Å²) in [6, 6.07) is 7.95. The predicted molar refractivity (Wildman–Crippen MR) is 95.4 cm³/mol. The van der Waals surface area contributed by atoms with Gasteiger partial charge in [0.2, 0.25) is 5.89 Å². The van der Waals surface area contributed by atoms with Crippen LogP contribution in [0, 0.1) is 12.8 Å². The SMILES string of the molecule is Cc1nc2c3ccccc3nc(SCc3noc(CC(C)C)n3)n2n1. The minimum Gasteiger partial charge on any atom is -0.339 e. The molecule has 0 atom stereocenters. The lowest BCUT2D eigenvalue weighted by Gasteiger charge is -2.04. The second-order valence-electron chi connectivity index (χ2n) is 6.30. The summed E-state index contributed by atoms with van der Waals surface area (Å²) < 4.78 is 7.09. The average Bonchev–Trinajstić information content (AvgIpc) is 3.18. The van der Waals surface area contributed by atoms with Crippen LogP contribution in [0.3, 0.4) is 0 Å². The highest BCUT2D eigenvalue weighted by Crippen LogP contribution is 2.25. The zero-order valence-electron chi connectivity index (χ0n) is 14.3. The topological polar surface area (TPSA) is 82.0 Å². The van der Waals surface area contributed by atoms with E-state index in [0.29, 0.717) is 23.4 Å². The van der Waals surface area contributed by atoms with Gasteiger partial charge in [-0.3, -0.25) is 0 Å². The summed E-state index contributed by atoms with van der Waals surface area (Å²) in [6.45, 7) is 6.14. The molecule has 25 heavy (non-hydrogen) atoms. The Bertz CT molecular complexity index is 1040. The highest BCUT2D eigenvalue weighted by atomic mass is 32.2. The molecule has 3 aromatic heterocycles. The third-order valence-corrected chi connectivity index (χ3v) is 4.60. The zero-order valence-corrected chi connectivity index (χ0v) is 15.1. The normalized spacial score (nSPS) is 11.8. The van der Waals surface area contributed by atoms with E-state index in [9.17, 15) is 0 Å². The van der Waals surface area contributed by atoms with Crippen LogP contribution < -0.4 is 0 Å². The van der Waals surface area contributed by atoms with E-state index >= 15 is 0 Å². The molecule has 0 aliphatic carbocycles. The molecule has 1 aromatic carbocycles. The Kier molecular flexibility index (Phi) is 4.12. The van der Waals surface area contributed by atoms with E-state index in [1.807, 2.05) is 31.2 Å². The van der Waals surface area contributed by atoms with Crippen molar-refractivity contribution >= 4 is 28.3 Å². The number of aryl methyl sites for hydroxylation is 1. The lowest BCUT2D eigenvalue weighted by atomic mass is 10.1. The maximum atomic E-state index is 5.30. The molecule has 7 nitrogen and oxygen atoms in total. The number of nitrogens with zero attached hydrogens (tertiary/aromatic N) is 6. The molecule has 4 aromatic rings. The number of aromatic nitrogens is 6. The van der Waals surface area contributed by atoms with Gasteiger partial charge in [-0.05, 0) is 25.0 Å². The average molecular weight is 354 g/mol. The lowest BCUT2D eigenvalue weighted by molar-refractivity contribution is 0.360. The molecule has 0 N–H and O–H groups in total. The monoisotopic (exact) mass is 354 g/mol. The molecule has 0 fully saturated rings. The van der Waals surface area contributed by atoms with Gasteiger partial charge in [-0.25, -0.2) is 9.97 Å². The van der Waals surface area contributed by atoms with Gasteiger partial charge in [0, 0.05) is 11.8 Å².